The highest BCUT2D eigenvalue weighted by Crippen LogP contribution is 2.38. The van der Waals surface area contributed by atoms with Crippen molar-refractivity contribution in [3.8, 4) is 0 Å². The summed E-state index contributed by atoms with van der Waals surface area (Å²) in [7, 11) is 1.23. The van der Waals surface area contributed by atoms with E-state index in [0.717, 1.165) is 64.2 Å². The Morgan fingerprint density at radius 1 is 0.557 bits per heavy atom. The van der Waals surface area contributed by atoms with Crippen molar-refractivity contribution < 1.29 is 32.9 Å². The van der Waals surface area contributed by atoms with Crippen LogP contribution in [-0.4, -0.2) is 68.5 Å². The van der Waals surface area contributed by atoms with Gasteiger partial charge in [0.15, 0.2) is 0 Å². The van der Waals surface area contributed by atoms with Crippen LogP contribution in [0.15, 0.2) is 48.6 Å². The molecule has 0 saturated heterocycles. The number of nitrogens with one attached hydrogen (secondary N) is 1. The molecule has 0 aliphatic heterocycles. The second kappa shape index (κ2) is 43.7. The first-order valence-electron chi connectivity index (χ1n) is 25.5. The Morgan fingerprint density at radius 3 is 1.33 bits per heavy atom. The third kappa shape index (κ3) is 46.3. The summed E-state index contributed by atoms with van der Waals surface area (Å²) in [5.74, 6) is -0.220. The van der Waals surface area contributed by atoms with Crippen LogP contribution in [0.5, 0.6) is 0 Å². The number of phosphoric acid groups is 1. The summed E-state index contributed by atoms with van der Waals surface area (Å²) in [6.07, 6.45) is 56.1. The van der Waals surface area contributed by atoms with Crippen LogP contribution in [0.1, 0.15) is 226 Å². The molecule has 8 nitrogen and oxygen atoms in total. The quantitative estimate of drug-likeness (QED) is 0.0273. The van der Waals surface area contributed by atoms with E-state index in [1.165, 1.54) is 141 Å². The number of aliphatic hydroxyl groups is 1. The summed E-state index contributed by atoms with van der Waals surface area (Å²) in [5.41, 5.74) is 0. The Balaban J connectivity index is 4.38. The fraction of sp³-hybridized carbons (Fsp3) is 0.827. The van der Waals surface area contributed by atoms with Gasteiger partial charge >= 0.3 is 0 Å². The first-order chi connectivity index (χ1) is 29.5. The number of amides is 1. The smallest absolute Gasteiger partial charge is 0.268 e. The summed E-state index contributed by atoms with van der Waals surface area (Å²) in [5, 5.41) is 13.8. The molecule has 0 spiro atoms. The van der Waals surface area contributed by atoms with Crippen LogP contribution >= 0.6 is 7.82 Å². The highest BCUT2D eigenvalue weighted by molar-refractivity contribution is 7.45. The third-order valence-corrected chi connectivity index (χ3v) is 12.2. The van der Waals surface area contributed by atoms with E-state index in [1.54, 1.807) is 6.08 Å². The van der Waals surface area contributed by atoms with E-state index in [4.69, 9.17) is 9.05 Å². The SMILES string of the molecule is CCCCCCCC/C=C\CCCCCCCC(=O)NC(COP(=O)([O-])OCC[N+](C)(C)C)C(O)/C=C/CC/C=C/CC/C=C/CCCCCCCCCCCCCCCC. The first-order valence-corrected chi connectivity index (χ1v) is 27.0. The second-order valence-electron chi connectivity index (χ2n) is 18.5. The minimum Gasteiger partial charge on any atom is -0.756 e. The number of likely N-dealkylation sites (N-methyl/N-ethyl adjacent to an activating group) is 1. The number of phosphoric ester groups is 1. The normalized spacial score (nSPS) is 14.5. The van der Waals surface area contributed by atoms with Crippen LogP contribution in [0, 0.1) is 0 Å². The first kappa shape index (κ1) is 59.5. The lowest BCUT2D eigenvalue weighted by atomic mass is 10.0. The molecule has 0 aliphatic rings. The van der Waals surface area contributed by atoms with Gasteiger partial charge in [0.1, 0.15) is 13.2 Å². The maximum atomic E-state index is 12.9. The topological polar surface area (TPSA) is 108 Å². The number of unbranched alkanes of at least 4 members (excludes halogenated alkanes) is 27. The fourth-order valence-corrected chi connectivity index (χ4v) is 7.90. The summed E-state index contributed by atoms with van der Waals surface area (Å²) in [6.45, 7) is 4.61. The molecule has 0 aromatic heterocycles. The maximum absolute atomic E-state index is 12.9. The van der Waals surface area contributed by atoms with Crippen molar-refractivity contribution in [2.24, 2.45) is 0 Å². The van der Waals surface area contributed by atoms with Crippen LogP contribution in [0.2, 0.25) is 0 Å². The van der Waals surface area contributed by atoms with Gasteiger partial charge in [-0.1, -0.05) is 197 Å². The van der Waals surface area contributed by atoms with Crippen LogP contribution in [0.4, 0.5) is 0 Å². The molecule has 2 N–H and O–H groups in total. The van der Waals surface area contributed by atoms with E-state index >= 15 is 0 Å². The molecule has 0 radical (unpaired) electrons. The van der Waals surface area contributed by atoms with Crippen LogP contribution in [0.25, 0.3) is 0 Å². The second-order valence-corrected chi connectivity index (χ2v) is 19.9. The lowest BCUT2D eigenvalue weighted by Crippen LogP contribution is -2.45. The number of quaternary nitrogens is 1. The van der Waals surface area contributed by atoms with E-state index in [0.29, 0.717) is 17.4 Å². The number of carbonyl (C=O) groups excluding carboxylic acids is 1. The molecule has 0 aromatic rings. The standard InChI is InChI=1S/C52H99N2O6P/c1-6-8-10-12-14-16-18-20-22-23-24-25-26-27-28-29-30-32-33-35-37-39-41-43-45-51(55)50(49-60-61(57,58)59-48-47-54(3,4)5)53-52(56)46-44-42-40-38-36-34-31-21-19-17-15-13-11-9-7-2/h21,29-31,35,37,43,45,50-51,55H,6-20,22-28,32-34,36,38-42,44,46-49H2,1-5H3,(H-,53,56,57,58)/b30-29+,31-21-,37-35+,45-43+. The van der Waals surface area contributed by atoms with Crippen molar-refractivity contribution >= 4 is 13.7 Å². The summed E-state index contributed by atoms with van der Waals surface area (Å²) < 4.78 is 23.2. The molecule has 3 atom stereocenters. The minimum atomic E-state index is -4.61. The van der Waals surface area contributed by atoms with Gasteiger partial charge in [-0.2, -0.15) is 0 Å². The molecular weight excluding hydrogens is 780 g/mol. The Kier molecular flexibility index (Phi) is 42.6. The van der Waals surface area contributed by atoms with Crippen molar-refractivity contribution in [2.45, 2.75) is 238 Å². The predicted molar refractivity (Wildman–Crippen MR) is 261 cm³/mol. The molecule has 0 fully saturated rings. The zero-order valence-corrected chi connectivity index (χ0v) is 41.5. The number of rotatable bonds is 46. The Labute approximate surface area is 378 Å². The average Bonchev–Trinajstić information content (AvgIpc) is 3.21. The number of carbonyl (C=O) groups is 1. The Morgan fingerprint density at radius 2 is 0.918 bits per heavy atom. The van der Waals surface area contributed by atoms with Crippen LogP contribution in [-0.2, 0) is 18.4 Å². The van der Waals surface area contributed by atoms with E-state index < -0.39 is 26.6 Å². The fourth-order valence-electron chi connectivity index (χ4n) is 7.18. The number of allylic oxidation sites excluding steroid dienone is 7. The number of hydrogen-bond donors (Lipinski definition) is 2. The van der Waals surface area contributed by atoms with Gasteiger partial charge in [-0.15, -0.1) is 0 Å². The van der Waals surface area contributed by atoms with Gasteiger partial charge in [0.25, 0.3) is 7.82 Å². The van der Waals surface area contributed by atoms with E-state index in [2.05, 4.69) is 55.6 Å². The average molecular weight is 879 g/mol. The molecule has 0 saturated carbocycles. The minimum absolute atomic E-state index is 0.0113. The van der Waals surface area contributed by atoms with Gasteiger partial charge in [0, 0.05) is 6.42 Å². The van der Waals surface area contributed by atoms with Crippen molar-refractivity contribution in [3.63, 3.8) is 0 Å². The zero-order chi connectivity index (χ0) is 45.0. The van der Waals surface area contributed by atoms with E-state index in [1.807, 2.05) is 27.2 Å². The van der Waals surface area contributed by atoms with Gasteiger partial charge in [0.2, 0.25) is 5.91 Å². The van der Waals surface area contributed by atoms with Crippen LogP contribution in [0.3, 0.4) is 0 Å². The number of aliphatic hydroxyl groups excluding tert-OH is 1. The molecule has 0 aliphatic carbocycles. The molecule has 3 unspecified atom stereocenters. The van der Waals surface area contributed by atoms with Gasteiger partial charge in [0.05, 0.1) is 39.9 Å². The Bertz CT molecular complexity index is 1130. The highest BCUT2D eigenvalue weighted by Gasteiger charge is 2.23. The van der Waals surface area contributed by atoms with Crippen molar-refractivity contribution in [1.29, 1.82) is 0 Å². The van der Waals surface area contributed by atoms with E-state index in [-0.39, 0.29) is 12.5 Å². The van der Waals surface area contributed by atoms with Crippen molar-refractivity contribution in [3.05, 3.63) is 48.6 Å². The highest BCUT2D eigenvalue weighted by atomic mass is 31.2. The molecule has 61 heavy (non-hydrogen) atoms. The lowest BCUT2D eigenvalue weighted by Gasteiger charge is -2.29. The molecule has 1 amide bonds. The largest absolute Gasteiger partial charge is 0.756 e. The van der Waals surface area contributed by atoms with Crippen molar-refractivity contribution in [1.82, 2.24) is 5.32 Å². The van der Waals surface area contributed by atoms with Gasteiger partial charge in [-0.05, 0) is 70.6 Å². The molecule has 9 heteroatoms. The molecule has 0 aromatic carbocycles. The maximum Gasteiger partial charge on any atom is 0.268 e. The van der Waals surface area contributed by atoms with Crippen LogP contribution < -0.4 is 10.2 Å². The molecule has 0 rings (SSSR count). The molecule has 0 heterocycles. The van der Waals surface area contributed by atoms with Gasteiger partial charge in [-0.3, -0.25) is 9.36 Å². The summed E-state index contributed by atoms with van der Waals surface area (Å²) in [4.78, 5) is 25.4. The zero-order valence-electron chi connectivity index (χ0n) is 40.6. The number of nitrogens with zero attached hydrogens (tertiary/aromatic N) is 1. The van der Waals surface area contributed by atoms with Crippen molar-refractivity contribution in [2.75, 3.05) is 40.9 Å². The third-order valence-electron chi connectivity index (χ3n) is 11.2. The molecule has 358 valence electrons. The van der Waals surface area contributed by atoms with Gasteiger partial charge < -0.3 is 28.8 Å². The Hall–Kier alpha value is -1.54. The number of hydrogen-bond acceptors (Lipinski definition) is 6. The predicted octanol–water partition coefficient (Wildman–Crippen LogP) is 14.2. The summed E-state index contributed by atoms with van der Waals surface area (Å²) >= 11 is 0. The monoisotopic (exact) mass is 879 g/mol. The molecule has 0 bridgehead atoms. The van der Waals surface area contributed by atoms with Gasteiger partial charge in [-0.25, -0.2) is 0 Å². The molecular formula is C52H99N2O6P. The lowest BCUT2D eigenvalue weighted by molar-refractivity contribution is -0.870. The van der Waals surface area contributed by atoms with E-state index in [9.17, 15) is 19.4 Å². The summed E-state index contributed by atoms with van der Waals surface area (Å²) in [6, 6.07) is -0.914.